The molecule has 0 aromatic carbocycles. The molecule has 25 heavy (non-hydrogen) atoms. The van der Waals surface area contributed by atoms with E-state index >= 15 is 0 Å². The normalized spacial score (nSPS) is 13.0. The molecule has 8 nitrogen and oxygen atoms in total. The van der Waals surface area contributed by atoms with Gasteiger partial charge in [-0.1, -0.05) is 5.16 Å². The zero-order valence-electron chi connectivity index (χ0n) is 15.0. The second-order valence-corrected chi connectivity index (χ2v) is 6.87. The molecule has 0 aliphatic heterocycles. The van der Waals surface area contributed by atoms with Gasteiger partial charge in [-0.2, -0.15) is 0 Å². The molecule has 0 aliphatic carbocycles. The number of fused-ring (bicyclic) bond motifs is 1. The summed E-state index contributed by atoms with van der Waals surface area (Å²) in [7, 11) is 0. The van der Waals surface area contributed by atoms with Gasteiger partial charge in [0.2, 0.25) is 0 Å². The lowest BCUT2D eigenvalue weighted by Gasteiger charge is -2.21. The van der Waals surface area contributed by atoms with Crippen molar-refractivity contribution < 1.29 is 24.0 Å². The van der Waals surface area contributed by atoms with E-state index in [-0.39, 0.29) is 24.3 Å². The molecule has 136 valence electrons. The Balaban J connectivity index is 2.19. The molecule has 1 atom stereocenters. The number of aryl methyl sites for hydroxylation is 2. The van der Waals surface area contributed by atoms with Crippen LogP contribution in [0.2, 0.25) is 0 Å². The zero-order chi connectivity index (χ0) is 18.8. The quantitative estimate of drug-likeness (QED) is 0.821. The fraction of sp³-hybridized carbons (Fsp3) is 0.529. The van der Waals surface area contributed by atoms with Crippen LogP contribution >= 0.6 is 0 Å². The van der Waals surface area contributed by atoms with Crippen LogP contribution in [0.25, 0.3) is 11.1 Å². The summed E-state index contributed by atoms with van der Waals surface area (Å²) in [4.78, 5) is 28.3. The van der Waals surface area contributed by atoms with Gasteiger partial charge in [-0.3, -0.25) is 4.79 Å². The number of nitrogens with one attached hydrogen (secondary N) is 1. The molecule has 2 aromatic rings. The first-order valence-corrected chi connectivity index (χ1v) is 8.00. The summed E-state index contributed by atoms with van der Waals surface area (Å²) in [5.74, 6) is -1.63. The van der Waals surface area contributed by atoms with Crippen LogP contribution in [0.15, 0.2) is 10.6 Å². The van der Waals surface area contributed by atoms with E-state index in [0.29, 0.717) is 22.3 Å². The van der Waals surface area contributed by atoms with Gasteiger partial charge in [-0.25, -0.2) is 9.78 Å². The number of carbonyl (C=O) groups is 2. The van der Waals surface area contributed by atoms with Crippen molar-refractivity contribution in [3.05, 3.63) is 23.0 Å². The Morgan fingerprint density at radius 3 is 2.64 bits per heavy atom. The molecule has 2 heterocycles. The molecular weight excluding hydrogens is 326 g/mol. The Bertz CT molecular complexity index is 791. The average Bonchev–Trinajstić information content (AvgIpc) is 2.85. The summed E-state index contributed by atoms with van der Waals surface area (Å²) in [6.45, 7) is 9.29. The van der Waals surface area contributed by atoms with Crippen molar-refractivity contribution in [1.82, 2.24) is 15.5 Å². The Kier molecular flexibility index (Phi) is 5.42. The number of aromatic nitrogens is 2. The number of carbonyl (C=O) groups excluding carboxylic acids is 1. The maximum atomic E-state index is 12.6. The fourth-order valence-corrected chi connectivity index (χ4v) is 2.37. The molecule has 1 unspecified atom stereocenters. The molecule has 0 aliphatic rings. The van der Waals surface area contributed by atoms with E-state index in [0.717, 1.165) is 0 Å². The summed E-state index contributed by atoms with van der Waals surface area (Å²) >= 11 is 0. The number of aliphatic carboxylic acids is 1. The summed E-state index contributed by atoms with van der Waals surface area (Å²) in [6.07, 6.45) is 0.161. The second kappa shape index (κ2) is 7.18. The minimum absolute atomic E-state index is 0.161. The van der Waals surface area contributed by atoms with E-state index in [4.69, 9.17) is 9.26 Å². The summed E-state index contributed by atoms with van der Waals surface area (Å²) in [6, 6.07) is 0.533. The summed E-state index contributed by atoms with van der Waals surface area (Å²) in [5.41, 5.74) is 1.28. The lowest BCUT2D eigenvalue weighted by Crippen LogP contribution is -2.42. The smallest absolute Gasteiger partial charge is 0.326 e. The van der Waals surface area contributed by atoms with Crippen LogP contribution in [-0.4, -0.2) is 45.4 Å². The van der Waals surface area contributed by atoms with Crippen LogP contribution in [-0.2, 0) is 9.53 Å². The first kappa shape index (κ1) is 18.9. The van der Waals surface area contributed by atoms with Gasteiger partial charge in [0.25, 0.3) is 11.6 Å². The van der Waals surface area contributed by atoms with Gasteiger partial charge in [-0.05, 0) is 40.7 Å². The van der Waals surface area contributed by atoms with Crippen LogP contribution in [0.5, 0.6) is 0 Å². The highest BCUT2D eigenvalue weighted by Gasteiger charge is 2.24. The van der Waals surface area contributed by atoms with E-state index < -0.39 is 17.9 Å². The van der Waals surface area contributed by atoms with Crippen LogP contribution < -0.4 is 5.32 Å². The Morgan fingerprint density at radius 2 is 2.04 bits per heavy atom. The van der Waals surface area contributed by atoms with Crippen LogP contribution in [0.1, 0.15) is 48.9 Å². The van der Waals surface area contributed by atoms with Gasteiger partial charge < -0.3 is 19.7 Å². The maximum absolute atomic E-state index is 12.6. The third-order valence-corrected chi connectivity index (χ3v) is 3.53. The minimum Gasteiger partial charge on any atom is -0.480 e. The van der Waals surface area contributed by atoms with Crippen LogP contribution in [0.3, 0.4) is 0 Å². The third-order valence-electron chi connectivity index (χ3n) is 3.53. The average molecular weight is 349 g/mol. The van der Waals surface area contributed by atoms with Gasteiger partial charge in [0, 0.05) is 18.7 Å². The number of ether oxygens (including phenoxy) is 1. The van der Waals surface area contributed by atoms with Gasteiger partial charge in [-0.15, -0.1) is 0 Å². The summed E-state index contributed by atoms with van der Waals surface area (Å²) in [5, 5.41) is 16.2. The molecule has 8 heteroatoms. The predicted molar refractivity (Wildman–Crippen MR) is 90.5 cm³/mol. The third kappa shape index (κ3) is 4.76. The lowest BCUT2D eigenvalue weighted by molar-refractivity contribution is -0.140. The van der Waals surface area contributed by atoms with Gasteiger partial charge in [0.15, 0.2) is 0 Å². The first-order chi connectivity index (χ1) is 11.6. The Labute approximate surface area is 145 Å². The number of amides is 1. The van der Waals surface area contributed by atoms with Crippen molar-refractivity contribution in [2.24, 2.45) is 0 Å². The minimum atomic E-state index is -1.12. The fourth-order valence-electron chi connectivity index (χ4n) is 2.37. The molecule has 0 bridgehead atoms. The van der Waals surface area contributed by atoms with Crippen LogP contribution in [0, 0.1) is 13.8 Å². The number of rotatable bonds is 6. The van der Waals surface area contributed by atoms with E-state index in [1.165, 1.54) is 0 Å². The van der Waals surface area contributed by atoms with E-state index in [1.54, 1.807) is 19.9 Å². The highest BCUT2D eigenvalue weighted by molar-refractivity contribution is 6.07. The van der Waals surface area contributed by atoms with Crippen LogP contribution in [0.4, 0.5) is 0 Å². The standard InChI is InChI=1S/C17H23N3O5/c1-9-8-11(13-10(2)20-25-15(13)18-9)14(21)19-12(16(22)23)6-7-24-17(3,4)5/h8,12H,6-7H2,1-5H3,(H,19,21)(H,22,23). The molecule has 0 saturated heterocycles. The van der Waals surface area contributed by atoms with E-state index in [9.17, 15) is 14.7 Å². The molecule has 0 saturated carbocycles. The number of pyridine rings is 1. The highest BCUT2D eigenvalue weighted by Crippen LogP contribution is 2.22. The molecule has 2 aromatic heterocycles. The number of carboxylic acids is 1. The van der Waals surface area contributed by atoms with Crippen molar-refractivity contribution in [1.29, 1.82) is 0 Å². The highest BCUT2D eigenvalue weighted by atomic mass is 16.5. The number of nitrogens with zero attached hydrogens (tertiary/aromatic N) is 2. The Hall–Kier alpha value is -2.48. The molecular formula is C17H23N3O5. The molecule has 0 fully saturated rings. The number of hydrogen-bond acceptors (Lipinski definition) is 6. The van der Waals surface area contributed by atoms with Crippen molar-refractivity contribution in [2.45, 2.75) is 52.7 Å². The van der Waals surface area contributed by atoms with Gasteiger partial charge in [0.05, 0.1) is 22.2 Å². The lowest BCUT2D eigenvalue weighted by atomic mass is 10.1. The molecule has 2 rings (SSSR count). The number of hydrogen-bond donors (Lipinski definition) is 2. The van der Waals surface area contributed by atoms with E-state index in [2.05, 4.69) is 15.5 Å². The maximum Gasteiger partial charge on any atom is 0.326 e. The molecule has 2 N–H and O–H groups in total. The Morgan fingerprint density at radius 1 is 1.36 bits per heavy atom. The van der Waals surface area contributed by atoms with Gasteiger partial charge >= 0.3 is 5.97 Å². The number of carboxylic acid groups (broad SMARTS) is 1. The van der Waals surface area contributed by atoms with Crippen molar-refractivity contribution in [3.8, 4) is 0 Å². The van der Waals surface area contributed by atoms with Crippen molar-refractivity contribution >= 4 is 23.0 Å². The molecule has 1 amide bonds. The molecule has 0 spiro atoms. The monoisotopic (exact) mass is 349 g/mol. The summed E-state index contributed by atoms with van der Waals surface area (Å²) < 4.78 is 10.6. The van der Waals surface area contributed by atoms with Gasteiger partial charge in [0.1, 0.15) is 6.04 Å². The topological polar surface area (TPSA) is 115 Å². The second-order valence-electron chi connectivity index (χ2n) is 6.87. The zero-order valence-corrected chi connectivity index (χ0v) is 15.0. The predicted octanol–water partition coefficient (Wildman–Crippen LogP) is 2.23. The van der Waals surface area contributed by atoms with Crippen molar-refractivity contribution in [3.63, 3.8) is 0 Å². The largest absolute Gasteiger partial charge is 0.480 e. The van der Waals surface area contributed by atoms with E-state index in [1.807, 2.05) is 20.8 Å². The van der Waals surface area contributed by atoms with Crippen molar-refractivity contribution in [2.75, 3.05) is 6.61 Å². The first-order valence-electron chi connectivity index (χ1n) is 8.00. The molecule has 0 radical (unpaired) electrons. The SMILES string of the molecule is Cc1cc(C(=O)NC(CCOC(C)(C)C)C(=O)O)c2c(C)noc2n1.